The molecule has 2 aromatic rings. The van der Waals surface area contributed by atoms with Gasteiger partial charge < -0.3 is 5.73 Å². The molecule has 13 heavy (non-hydrogen) atoms. The molecule has 0 unspecified atom stereocenters. The Bertz CT molecular complexity index is 365. The van der Waals surface area contributed by atoms with Crippen molar-refractivity contribution in [1.82, 2.24) is 0 Å². The molecule has 0 atom stereocenters. The Labute approximate surface area is 83.2 Å². The first-order valence-corrected chi connectivity index (χ1v) is 5.39. The van der Waals surface area contributed by atoms with E-state index in [9.17, 15) is 0 Å². The van der Waals surface area contributed by atoms with Crippen LogP contribution >= 0.6 is 11.3 Å². The van der Waals surface area contributed by atoms with Crippen molar-refractivity contribution in [2.24, 2.45) is 0 Å². The minimum atomic E-state index is 0.913. The van der Waals surface area contributed by atoms with Gasteiger partial charge in [0.1, 0.15) is 0 Å². The van der Waals surface area contributed by atoms with Gasteiger partial charge in [0, 0.05) is 10.8 Å². The smallest absolute Gasteiger partial charge is 0.0936 e. The fraction of sp³-hybridized carbons (Fsp3) is 0.273. The lowest BCUT2D eigenvalue weighted by Gasteiger charge is -1.87. The van der Waals surface area contributed by atoms with Crippen LogP contribution in [0, 0.1) is 0 Å². The largest absolute Gasteiger partial charge is 0.390 e. The van der Waals surface area contributed by atoms with Crippen molar-refractivity contribution in [2.45, 2.75) is 20.3 Å². The molecule has 0 amide bonds. The molecule has 2 rings (SSSR count). The minimum Gasteiger partial charge on any atom is -0.390 e. The van der Waals surface area contributed by atoms with Crippen LogP contribution in [-0.4, -0.2) is 0 Å². The first-order chi connectivity index (χ1) is 6.29. The third-order valence-electron chi connectivity index (χ3n) is 1.54. The van der Waals surface area contributed by atoms with E-state index in [4.69, 9.17) is 5.73 Å². The highest BCUT2D eigenvalue weighted by Crippen LogP contribution is 2.26. The van der Waals surface area contributed by atoms with Gasteiger partial charge in [-0.1, -0.05) is 44.5 Å². The summed E-state index contributed by atoms with van der Waals surface area (Å²) >= 11 is 1.60. The molecule has 1 aromatic carbocycles. The predicted molar refractivity (Wildman–Crippen MR) is 62.2 cm³/mol. The Kier molecular flexibility index (Phi) is 3.77. The van der Waals surface area contributed by atoms with Crippen molar-refractivity contribution in [3.05, 3.63) is 29.6 Å². The third kappa shape index (κ3) is 2.46. The van der Waals surface area contributed by atoms with Gasteiger partial charge in [-0.3, -0.25) is 0 Å². The summed E-state index contributed by atoms with van der Waals surface area (Å²) in [6.07, 6.45) is 1.25. The van der Waals surface area contributed by atoms with Crippen molar-refractivity contribution in [3.8, 4) is 0 Å². The number of nitrogen functional groups attached to an aromatic ring is 1. The zero-order valence-corrected chi connectivity index (χ0v) is 8.90. The van der Waals surface area contributed by atoms with E-state index in [-0.39, 0.29) is 0 Å². The number of fused-ring (bicyclic) bond motifs is 1. The minimum absolute atomic E-state index is 0.913. The molecule has 2 N–H and O–H groups in total. The summed E-state index contributed by atoms with van der Waals surface area (Å²) in [7, 11) is 0. The van der Waals surface area contributed by atoms with Gasteiger partial charge in [-0.05, 0) is 5.39 Å². The van der Waals surface area contributed by atoms with Crippen LogP contribution in [0.3, 0.4) is 0 Å². The Morgan fingerprint density at radius 3 is 2.46 bits per heavy atom. The highest BCUT2D eigenvalue weighted by Gasteiger charge is 1.96. The molecule has 70 valence electrons. The van der Waals surface area contributed by atoms with Gasteiger partial charge in [-0.15, -0.1) is 11.3 Å². The molecule has 0 saturated heterocycles. The fourth-order valence-corrected chi connectivity index (χ4v) is 1.79. The second kappa shape index (κ2) is 4.87. The van der Waals surface area contributed by atoms with E-state index in [2.05, 4.69) is 25.3 Å². The number of anilines is 1. The van der Waals surface area contributed by atoms with E-state index >= 15 is 0 Å². The first-order valence-electron chi connectivity index (χ1n) is 4.51. The monoisotopic (exact) mass is 193 g/mol. The molecule has 0 bridgehead atoms. The Balaban J connectivity index is 0.000000251. The second-order valence-electron chi connectivity index (χ2n) is 2.89. The molecule has 0 aliphatic heterocycles. The maximum Gasteiger partial charge on any atom is 0.0936 e. The highest BCUT2D eigenvalue weighted by atomic mass is 32.1. The zero-order valence-electron chi connectivity index (χ0n) is 8.08. The molecule has 0 aliphatic rings. The van der Waals surface area contributed by atoms with Crippen LogP contribution in [0.5, 0.6) is 0 Å². The van der Waals surface area contributed by atoms with Crippen LogP contribution in [0.25, 0.3) is 10.8 Å². The molecule has 1 aromatic heterocycles. The van der Waals surface area contributed by atoms with E-state index in [0.29, 0.717) is 0 Å². The fourth-order valence-electron chi connectivity index (χ4n) is 1.01. The summed E-state index contributed by atoms with van der Waals surface area (Å²) in [5.41, 5.74) is 5.69. The van der Waals surface area contributed by atoms with Gasteiger partial charge in [0.05, 0.1) is 5.00 Å². The van der Waals surface area contributed by atoms with Gasteiger partial charge in [-0.2, -0.15) is 0 Å². The van der Waals surface area contributed by atoms with Crippen molar-refractivity contribution in [1.29, 1.82) is 0 Å². The van der Waals surface area contributed by atoms with Crippen molar-refractivity contribution in [3.63, 3.8) is 0 Å². The van der Waals surface area contributed by atoms with E-state index in [1.807, 2.05) is 18.2 Å². The quantitative estimate of drug-likeness (QED) is 0.674. The van der Waals surface area contributed by atoms with Crippen LogP contribution < -0.4 is 5.73 Å². The molecular weight excluding hydrogens is 178 g/mol. The Morgan fingerprint density at radius 1 is 1.23 bits per heavy atom. The summed E-state index contributed by atoms with van der Waals surface area (Å²) in [4.78, 5) is 0. The normalized spacial score (nSPS) is 9.38. The number of nitrogens with two attached hydrogens (primary N) is 1. The lowest BCUT2D eigenvalue weighted by Crippen LogP contribution is -1.76. The van der Waals surface area contributed by atoms with E-state index < -0.39 is 0 Å². The molecule has 1 nitrogen and oxygen atoms in total. The number of hydrogen-bond donors (Lipinski definition) is 1. The molecule has 0 saturated carbocycles. The molecule has 0 radical (unpaired) electrons. The van der Waals surface area contributed by atoms with Crippen LogP contribution in [-0.2, 0) is 0 Å². The van der Waals surface area contributed by atoms with Crippen molar-refractivity contribution < 1.29 is 0 Å². The third-order valence-corrected chi connectivity index (χ3v) is 2.38. The van der Waals surface area contributed by atoms with E-state index in [0.717, 1.165) is 5.00 Å². The van der Waals surface area contributed by atoms with Crippen LogP contribution in [0.15, 0.2) is 29.6 Å². The second-order valence-corrected chi connectivity index (χ2v) is 3.81. The summed E-state index contributed by atoms with van der Waals surface area (Å²) in [6, 6.07) is 8.14. The topological polar surface area (TPSA) is 26.0 Å². The van der Waals surface area contributed by atoms with Crippen LogP contribution in [0.2, 0.25) is 0 Å². The molecule has 1 heterocycles. The maximum absolute atomic E-state index is 5.69. The number of benzene rings is 1. The van der Waals surface area contributed by atoms with Gasteiger partial charge >= 0.3 is 0 Å². The number of thiophene rings is 1. The van der Waals surface area contributed by atoms with Crippen LogP contribution in [0.4, 0.5) is 5.00 Å². The van der Waals surface area contributed by atoms with E-state index in [1.165, 1.54) is 17.2 Å². The summed E-state index contributed by atoms with van der Waals surface area (Å²) in [5.74, 6) is 0. The van der Waals surface area contributed by atoms with Gasteiger partial charge in [0.2, 0.25) is 0 Å². The average molecular weight is 193 g/mol. The van der Waals surface area contributed by atoms with E-state index in [1.54, 1.807) is 11.3 Å². The summed E-state index contributed by atoms with van der Waals surface area (Å²) in [6.45, 7) is 4.25. The number of rotatable bonds is 0. The van der Waals surface area contributed by atoms with Crippen LogP contribution in [0.1, 0.15) is 20.3 Å². The SMILES string of the molecule is CCC.Nc1scc2ccccc12. The zero-order chi connectivity index (χ0) is 9.68. The molecule has 2 heteroatoms. The molecular formula is C11H15NS. The molecule has 0 fully saturated rings. The maximum atomic E-state index is 5.69. The standard InChI is InChI=1S/C8H7NS.C3H8/c9-8-7-4-2-1-3-6(7)5-10-8;1-3-2/h1-5H,9H2;3H2,1-2H3. The van der Waals surface area contributed by atoms with Gasteiger partial charge in [0.15, 0.2) is 0 Å². The lowest BCUT2D eigenvalue weighted by molar-refractivity contribution is 1.09. The number of hydrogen-bond acceptors (Lipinski definition) is 2. The van der Waals surface area contributed by atoms with Gasteiger partial charge in [-0.25, -0.2) is 0 Å². The first kappa shape index (κ1) is 10.1. The Morgan fingerprint density at radius 2 is 1.85 bits per heavy atom. The van der Waals surface area contributed by atoms with Gasteiger partial charge in [0.25, 0.3) is 0 Å². The summed E-state index contributed by atoms with van der Waals surface area (Å²) in [5, 5.41) is 5.40. The molecule has 0 spiro atoms. The highest BCUT2D eigenvalue weighted by molar-refractivity contribution is 7.15. The average Bonchev–Trinajstić information content (AvgIpc) is 2.50. The molecule has 0 aliphatic carbocycles. The predicted octanol–water partition coefficient (Wildman–Crippen LogP) is 3.90. The van der Waals surface area contributed by atoms with Crippen molar-refractivity contribution >= 4 is 27.1 Å². The summed E-state index contributed by atoms with van der Waals surface area (Å²) < 4.78 is 0. The Hall–Kier alpha value is -1.02. The van der Waals surface area contributed by atoms with Crippen molar-refractivity contribution in [2.75, 3.05) is 5.73 Å². The lowest BCUT2D eigenvalue weighted by atomic mass is 10.2.